The van der Waals surface area contributed by atoms with Gasteiger partial charge in [-0.1, -0.05) is 0 Å². The van der Waals surface area contributed by atoms with Crippen molar-refractivity contribution in [3.8, 4) is 0 Å². The molecule has 0 saturated heterocycles. The van der Waals surface area contributed by atoms with Gasteiger partial charge in [0.2, 0.25) is 11.8 Å². The van der Waals surface area contributed by atoms with Crippen molar-refractivity contribution in [1.82, 2.24) is 15.1 Å². The highest BCUT2D eigenvalue weighted by atomic mass is 16.4. The molecular weight excluding hydrogens is 194 g/mol. The van der Waals surface area contributed by atoms with Crippen LogP contribution < -0.4 is 0 Å². The van der Waals surface area contributed by atoms with Crippen LogP contribution in [0.4, 0.5) is 0 Å². The maximum Gasteiger partial charge on any atom is 0.230 e. The van der Waals surface area contributed by atoms with Gasteiger partial charge in [-0.15, -0.1) is 10.2 Å². The Balaban J connectivity index is 2.58. The van der Waals surface area contributed by atoms with Gasteiger partial charge in [-0.2, -0.15) is 0 Å². The first kappa shape index (κ1) is 12.1. The molecule has 1 aromatic heterocycles. The molecule has 0 aliphatic carbocycles. The molecule has 0 aliphatic rings. The fourth-order valence-corrected chi connectivity index (χ4v) is 1.37. The molecule has 1 rings (SSSR count). The van der Waals surface area contributed by atoms with Crippen LogP contribution in [0.3, 0.4) is 0 Å². The van der Waals surface area contributed by atoms with Gasteiger partial charge in [0.1, 0.15) is 0 Å². The SMILES string of the molecule is Cc1nnc(CN(CC(C)O)C(C)C)o1. The van der Waals surface area contributed by atoms with Gasteiger partial charge in [-0.3, -0.25) is 4.90 Å². The third kappa shape index (κ3) is 3.97. The number of aryl methyl sites for hydroxylation is 1. The van der Waals surface area contributed by atoms with E-state index in [0.29, 0.717) is 30.9 Å². The van der Waals surface area contributed by atoms with Crippen molar-refractivity contribution in [2.45, 2.75) is 46.4 Å². The summed E-state index contributed by atoms with van der Waals surface area (Å²) in [5.41, 5.74) is 0. The van der Waals surface area contributed by atoms with E-state index in [4.69, 9.17) is 4.42 Å². The predicted molar refractivity (Wildman–Crippen MR) is 56.3 cm³/mol. The normalized spacial score (nSPS) is 13.8. The minimum atomic E-state index is -0.351. The molecule has 0 amide bonds. The van der Waals surface area contributed by atoms with Crippen molar-refractivity contribution in [2.75, 3.05) is 6.54 Å². The van der Waals surface area contributed by atoms with Crippen molar-refractivity contribution in [3.05, 3.63) is 11.8 Å². The fraction of sp³-hybridized carbons (Fsp3) is 0.800. The largest absolute Gasteiger partial charge is 0.424 e. The molecule has 1 atom stereocenters. The zero-order valence-corrected chi connectivity index (χ0v) is 9.77. The van der Waals surface area contributed by atoms with Gasteiger partial charge in [-0.25, -0.2) is 0 Å². The number of nitrogens with zero attached hydrogens (tertiary/aromatic N) is 3. The van der Waals surface area contributed by atoms with Gasteiger partial charge >= 0.3 is 0 Å². The molecule has 0 saturated carbocycles. The summed E-state index contributed by atoms with van der Waals surface area (Å²) in [6, 6.07) is 0.340. The lowest BCUT2D eigenvalue weighted by molar-refractivity contribution is 0.0959. The molecule has 15 heavy (non-hydrogen) atoms. The lowest BCUT2D eigenvalue weighted by Crippen LogP contribution is -2.36. The van der Waals surface area contributed by atoms with Gasteiger partial charge in [-0.05, 0) is 20.8 Å². The maximum absolute atomic E-state index is 9.35. The number of aliphatic hydroxyl groups is 1. The van der Waals surface area contributed by atoms with E-state index in [1.54, 1.807) is 13.8 Å². The predicted octanol–water partition coefficient (Wildman–Crippen LogP) is 0.969. The van der Waals surface area contributed by atoms with Crippen LogP contribution in [0.5, 0.6) is 0 Å². The Morgan fingerprint density at radius 2 is 2.00 bits per heavy atom. The Morgan fingerprint density at radius 1 is 1.33 bits per heavy atom. The van der Waals surface area contributed by atoms with E-state index in [1.807, 2.05) is 0 Å². The van der Waals surface area contributed by atoms with Crippen LogP contribution in [-0.4, -0.2) is 38.9 Å². The van der Waals surface area contributed by atoms with Crippen LogP contribution >= 0.6 is 0 Å². The Bertz CT molecular complexity index is 297. The van der Waals surface area contributed by atoms with Crippen LogP contribution in [0, 0.1) is 6.92 Å². The van der Waals surface area contributed by atoms with Crippen molar-refractivity contribution >= 4 is 0 Å². The third-order valence-electron chi connectivity index (χ3n) is 2.14. The molecule has 0 spiro atoms. The Kier molecular flexibility index (Phi) is 4.23. The first-order chi connectivity index (χ1) is 6.99. The topological polar surface area (TPSA) is 62.4 Å². The van der Waals surface area contributed by atoms with E-state index in [9.17, 15) is 5.11 Å². The van der Waals surface area contributed by atoms with Gasteiger partial charge in [0.05, 0.1) is 12.6 Å². The standard InChI is InChI=1S/C10H19N3O2/c1-7(2)13(5-8(3)14)6-10-12-11-9(4)15-10/h7-8,14H,5-6H2,1-4H3. The second-order valence-electron chi connectivity index (χ2n) is 4.09. The first-order valence-electron chi connectivity index (χ1n) is 5.20. The summed E-state index contributed by atoms with van der Waals surface area (Å²) < 4.78 is 5.30. The summed E-state index contributed by atoms with van der Waals surface area (Å²) in [7, 11) is 0. The minimum absolute atomic E-state index is 0.340. The maximum atomic E-state index is 9.35. The second-order valence-corrected chi connectivity index (χ2v) is 4.09. The molecule has 1 N–H and O–H groups in total. The van der Waals surface area contributed by atoms with E-state index in [0.717, 1.165) is 0 Å². The molecule has 0 bridgehead atoms. The summed E-state index contributed by atoms with van der Waals surface area (Å²) in [5.74, 6) is 1.17. The van der Waals surface area contributed by atoms with E-state index in [1.165, 1.54) is 0 Å². The minimum Gasteiger partial charge on any atom is -0.424 e. The number of hydrogen-bond acceptors (Lipinski definition) is 5. The van der Waals surface area contributed by atoms with Crippen molar-refractivity contribution < 1.29 is 9.52 Å². The molecule has 1 heterocycles. The molecule has 5 nitrogen and oxygen atoms in total. The first-order valence-corrected chi connectivity index (χ1v) is 5.20. The number of hydrogen-bond donors (Lipinski definition) is 1. The monoisotopic (exact) mass is 213 g/mol. The van der Waals surface area contributed by atoms with Crippen molar-refractivity contribution in [2.24, 2.45) is 0 Å². The molecule has 1 unspecified atom stereocenters. The van der Waals surface area contributed by atoms with E-state index in [-0.39, 0.29) is 6.10 Å². The molecule has 5 heteroatoms. The summed E-state index contributed by atoms with van der Waals surface area (Å²) >= 11 is 0. The summed E-state index contributed by atoms with van der Waals surface area (Å²) in [5, 5.41) is 17.1. The van der Waals surface area contributed by atoms with E-state index >= 15 is 0 Å². The summed E-state index contributed by atoms with van der Waals surface area (Å²) in [4.78, 5) is 2.09. The third-order valence-corrected chi connectivity index (χ3v) is 2.14. The van der Waals surface area contributed by atoms with Crippen LogP contribution in [0.15, 0.2) is 4.42 Å². The van der Waals surface area contributed by atoms with Crippen LogP contribution in [0.1, 0.15) is 32.6 Å². The molecule has 0 aromatic carbocycles. The summed E-state index contributed by atoms with van der Waals surface area (Å²) in [6.07, 6.45) is -0.351. The molecular formula is C10H19N3O2. The van der Waals surface area contributed by atoms with Crippen LogP contribution in [0.2, 0.25) is 0 Å². The van der Waals surface area contributed by atoms with Gasteiger partial charge < -0.3 is 9.52 Å². The van der Waals surface area contributed by atoms with Crippen LogP contribution in [-0.2, 0) is 6.54 Å². The Labute approximate surface area is 90.1 Å². The highest BCUT2D eigenvalue weighted by Crippen LogP contribution is 2.07. The van der Waals surface area contributed by atoms with Gasteiger partial charge in [0, 0.05) is 19.5 Å². The average molecular weight is 213 g/mol. The van der Waals surface area contributed by atoms with Crippen molar-refractivity contribution in [1.29, 1.82) is 0 Å². The number of aliphatic hydroxyl groups excluding tert-OH is 1. The second kappa shape index (κ2) is 5.23. The van der Waals surface area contributed by atoms with Crippen LogP contribution in [0.25, 0.3) is 0 Å². The summed E-state index contributed by atoms with van der Waals surface area (Å²) in [6.45, 7) is 8.89. The Hall–Kier alpha value is -0.940. The lowest BCUT2D eigenvalue weighted by Gasteiger charge is -2.25. The zero-order chi connectivity index (χ0) is 11.4. The number of aromatic nitrogens is 2. The average Bonchev–Trinajstić information content (AvgIpc) is 2.49. The quantitative estimate of drug-likeness (QED) is 0.789. The van der Waals surface area contributed by atoms with Gasteiger partial charge in [0.15, 0.2) is 0 Å². The highest BCUT2D eigenvalue weighted by molar-refractivity contribution is 4.80. The molecule has 86 valence electrons. The van der Waals surface area contributed by atoms with Gasteiger partial charge in [0.25, 0.3) is 0 Å². The smallest absolute Gasteiger partial charge is 0.230 e. The Morgan fingerprint density at radius 3 is 2.40 bits per heavy atom. The zero-order valence-electron chi connectivity index (χ0n) is 9.77. The molecule has 1 aromatic rings. The fourth-order valence-electron chi connectivity index (χ4n) is 1.37. The van der Waals surface area contributed by atoms with E-state index in [2.05, 4.69) is 28.9 Å². The molecule has 0 fully saturated rings. The lowest BCUT2D eigenvalue weighted by atomic mass is 10.2. The number of rotatable bonds is 5. The molecule has 0 radical (unpaired) electrons. The highest BCUT2D eigenvalue weighted by Gasteiger charge is 2.15. The van der Waals surface area contributed by atoms with E-state index < -0.39 is 0 Å². The molecule has 0 aliphatic heterocycles. The van der Waals surface area contributed by atoms with Crippen molar-refractivity contribution in [3.63, 3.8) is 0 Å².